The van der Waals surface area contributed by atoms with Crippen molar-refractivity contribution < 1.29 is 19.1 Å². The second-order valence-corrected chi connectivity index (χ2v) is 8.92. The van der Waals surface area contributed by atoms with Gasteiger partial charge in [0.2, 0.25) is 11.8 Å². The summed E-state index contributed by atoms with van der Waals surface area (Å²) < 4.78 is 5.96. The van der Waals surface area contributed by atoms with Crippen molar-refractivity contribution in [1.82, 2.24) is 10.6 Å². The lowest BCUT2D eigenvalue weighted by Crippen LogP contribution is -2.44. The molecule has 0 heterocycles. The first kappa shape index (κ1) is 26.6. The number of carbonyl (C=O) groups excluding carboxylic acids is 3. The van der Waals surface area contributed by atoms with Crippen LogP contribution in [0.1, 0.15) is 93.4 Å². The molecule has 0 saturated carbocycles. The molecule has 0 rings (SSSR count). The number of hydrogen-bond acceptors (Lipinski definition) is 4. The van der Waals surface area contributed by atoms with Crippen LogP contribution in [0.5, 0.6) is 0 Å². The second-order valence-electron chi connectivity index (χ2n) is 8.92. The Labute approximate surface area is 171 Å². The van der Waals surface area contributed by atoms with E-state index in [9.17, 15) is 14.4 Å². The Morgan fingerprint density at radius 1 is 0.929 bits per heavy atom. The summed E-state index contributed by atoms with van der Waals surface area (Å²) in [5, 5.41) is 5.84. The van der Waals surface area contributed by atoms with Gasteiger partial charge in [0.15, 0.2) is 0 Å². The maximum Gasteiger partial charge on any atom is 0.220 e. The maximum atomic E-state index is 12.0. The van der Waals surface area contributed by atoms with Gasteiger partial charge in [0.1, 0.15) is 5.78 Å². The van der Waals surface area contributed by atoms with Crippen molar-refractivity contribution in [2.24, 2.45) is 5.92 Å². The van der Waals surface area contributed by atoms with Gasteiger partial charge in [-0.2, -0.15) is 0 Å². The van der Waals surface area contributed by atoms with E-state index in [0.717, 1.165) is 12.8 Å². The minimum atomic E-state index is -0.423. The van der Waals surface area contributed by atoms with Gasteiger partial charge in [0.05, 0.1) is 5.60 Å². The summed E-state index contributed by atoms with van der Waals surface area (Å²) in [6.45, 7) is 14.7. The summed E-state index contributed by atoms with van der Waals surface area (Å²) >= 11 is 0. The number of carbonyl (C=O) groups is 3. The van der Waals surface area contributed by atoms with Gasteiger partial charge in [-0.3, -0.25) is 14.4 Å². The zero-order valence-electron chi connectivity index (χ0n) is 19.1. The zero-order chi connectivity index (χ0) is 21.8. The molecule has 0 radical (unpaired) electrons. The van der Waals surface area contributed by atoms with E-state index in [-0.39, 0.29) is 29.1 Å². The van der Waals surface area contributed by atoms with E-state index in [1.165, 1.54) is 0 Å². The molecule has 0 saturated heterocycles. The predicted molar refractivity (Wildman–Crippen MR) is 113 cm³/mol. The first-order valence-electron chi connectivity index (χ1n) is 10.7. The molecular formula is C22H42N2O4. The lowest BCUT2D eigenvalue weighted by Gasteiger charge is -2.30. The van der Waals surface area contributed by atoms with Crippen LogP contribution in [0.2, 0.25) is 0 Å². The Kier molecular flexibility index (Phi) is 12.3. The van der Waals surface area contributed by atoms with Crippen LogP contribution in [0, 0.1) is 5.92 Å². The molecule has 28 heavy (non-hydrogen) atoms. The molecule has 2 amide bonds. The largest absolute Gasteiger partial charge is 0.375 e. The van der Waals surface area contributed by atoms with E-state index in [4.69, 9.17) is 4.74 Å². The monoisotopic (exact) mass is 398 g/mol. The topological polar surface area (TPSA) is 84.5 Å². The van der Waals surface area contributed by atoms with Crippen LogP contribution < -0.4 is 10.6 Å². The molecular weight excluding hydrogens is 356 g/mol. The van der Waals surface area contributed by atoms with Crippen molar-refractivity contribution in [2.45, 2.75) is 105 Å². The highest BCUT2D eigenvalue weighted by atomic mass is 16.5. The van der Waals surface area contributed by atoms with Crippen LogP contribution >= 0.6 is 0 Å². The quantitative estimate of drug-likeness (QED) is 0.440. The Morgan fingerprint density at radius 2 is 1.57 bits per heavy atom. The Morgan fingerprint density at radius 3 is 2.14 bits per heavy atom. The van der Waals surface area contributed by atoms with Crippen molar-refractivity contribution in [1.29, 1.82) is 0 Å². The van der Waals surface area contributed by atoms with Gasteiger partial charge in [-0.15, -0.1) is 0 Å². The van der Waals surface area contributed by atoms with Gasteiger partial charge < -0.3 is 15.4 Å². The van der Waals surface area contributed by atoms with Crippen molar-refractivity contribution >= 4 is 17.6 Å². The van der Waals surface area contributed by atoms with E-state index < -0.39 is 5.60 Å². The highest BCUT2D eigenvalue weighted by Crippen LogP contribution is 2.19. The fourth-order valence-electron chi connectivity index (χ4n) is 2.69. The average Bonchev–Trinajstić information content (AvgIpc) is 2.58. The Hall–Kier alpha value is -1.43. The number of hydrogen-bond donors (Lipinski definition) is 2. The van der Waals surface area contributed by atoms with Crippen LogP contribution in [-0.2, 0) is 19.1 Å². The maximum absolute atomic E-state index is 12.0. The SMILES string of the molecule is CCCC(=O)NC(C)(C)CCOC(C)(C)CCC(=O)NCCC(=O)[C@H](C)CC. The summed E-state index contributed by atoms with van der Waals surface area (Å²) in [5.74, 6) is 0.261. The Bertz CT molecular complexity index is 501. The highest BCUT2D eigenvalue weighted by Gasteiger charge is 2.24. The van der Waals surface area contributed by atoms with Gasteiger partial charge in [-0.25, -0.2) is 0 Å². The van der Waals surface area contributed by atoms with Gasteiger partial charge in [0.25, 0.3) is 0 Å². The molecule has 2 N–H and O–H groups in total. The first-order valence-corrected chi connectivity index (χ1v) is 10.7. The normalized spacial score (nSPS) is 13.1. The zero-order valence-corrected chi connectivity index (χ0v) is 19.1. The van der Waals surface area contributed by atoms with Gasteiger partial charge >= 0.3 is 0 Å². The molecule has 1 atom stereocenters. The molecule has 0 spiro atoms. The molecule has 0 fully saturated rings. The van der Waals surface area contributed by atoms with E-state index in [2.05, 4.69) is 10.6 Å². The minimum absolute atomic E-state index is 0.0548. The molecule has 164 valence electrons. The molecule has 0 unspecified atom stereocenters. The third-order valence-corrected chi connectivity index (χ3v) is 4.98. The standard InChI is InChI=1S/C22H42N2O4/c1-8-10-20(27)24-21(4,5)14-16-28-22(6,7)13-11-19(26)23-15-12-18(25)17(3)9-2/h17H,8-16H2,1-7H3,(H,23,26)(H,24,27)/t17-/m1/s1. The van der Waals surface area contributed by atoms with Crippen LogP contribution in [0.3, 0.4) is 0 Å². The second kappa shape index (κ2) is 12.9. The molecule has 6 nitrogen and oxygen atoms in total. The first-order chi connectivity index (χ1) is 12.9. The van der Waals surface area contributed by atoms with Crippen LogP contribution in [0.4, 0.5) is 0 Å². The molecule has 0 aromatic rings. The summed E-state index contributed by atoms with van der Waals surface area (Å²) in [6.07, 6.45) is 4.25. The summed E-state index contributed by atoms with van der Waals surface area (Å²) in [5.41, 5.74) is -0.741. The lowest BCUT2D eigenvalue weighted by molar-refractivity contribution is -0.125. The molecule has 0 bridgehead atoms. The fourth-order valence-corrected chi connectivity index (χ4v) is 2.69. The third-order valence-electron chi connectivity index (χ3n) is 4.98. The van der Waals surface area contributed by atoms with Crippen molar-refractivity contribution in [3.63, 3.8) is 0 Å². The fraction of sp³-hybridized carbons (Fsp3) is 0.864. The number of rotatable bonds is 15. The third kappa shape index (κ3) is 12.9. The number of Topliss-reactive ketones (excluding diaryl/α,β-unsaturated/α-hetero) is 1. The van der Waals surface area contributed by atoms with Crippen LogP contribution in [0.25, 0.3) is 0 Å². The van der Waals surface area contributed by atoms with Crippen LogP contribution in [0.15, 0.2) is 0 Å². The average molecular weight is 399 g/mol. The van der Waals surface area contributed by atoms with E-state index in [1.54, 1.807) is 0 Å². The summed E-state index contributed by atoms with van der Waals surface area (Å²) in [7, 11) is 0. The van der Waals surface area contributed by atoms with Gasteiger partial charge in [0, 0.05) is 43.9 Å². The lowest BCUT2D eigenvalue weighted by atomic mass is 9.99. The highest BCUT2D eigenvalue weighted by molar-refractivity contribution is 5.82. The molecule has 0 aliphatic carbocycles. The number of amides is 2. The number of ether oxygens (including phenoxy) is 1. The van der Waals surface area contributed by atoms with Gasteiger partial charge in [-0.05, 0) is 53.4 Å². The molecule has 0 aromatic heterocycles. The molecule has 6 heteroatoms. The number of ketones is 1. The van der Waals surface area contributed by atoms with Crippen molar-refractivity contribution in [3.8, 4) is 0 Å². The summed E-state index contributed by atoms with van der Waals surface area (Å²) in [6, 6.07) is 0. The number of nitrogens with one attached hydrogen (secondary N) is 2. The minimum Gasteiger partial charge on any atom is -0.375 e. The van der Waals surface area contributed by atoms with E-state index in [1.807, 2.05) is 48.5 Å². The molecule has 0 aliphatic rings. The van der Waals surface area contributed by atoms with Gasteiger partial charge in [-0.1, -0.05) is 20.8 Å². The van der Waals surface area contributed by atoms with E-state index in [0.29, 0.717) is 45.3 Å². The van der Waals surface area contributed by atoms with Crippen molar-refractivity contribution in [3.05, 3.63) is 0 Å². The Balaban J connectivity index is 4.11. The van der Waals surface area contributed by atoms with E-state index >= 15 is 0 Å². The molecule has 0 aromatic carbocycles. The van der Waals surface area contributed by atoms with Crippen molar-refractivity contribution in [2.75, 3.05) is 13.2 Å². The van der Waals surface area contributed by atoms with Crippen LogP contribution in [-0.4, -0.2) is 41.9 Å². The smallest absolute Gasteiger partial charge is 0.220 e. The molecule has 0 aliphatic heterocycles. The summed E-state index contributed by atoms with van der Waals surface area (Å²) in [4.78, 5) is 35.5. The predicted octanol–water partition coefficient (Wildman–Crippen LogP) is 3.77.